The topological polar surface area (TPSA) is 55.6 Å². The van der Waals surface area contributed by atoms with Crippen molar-refractivity contribution in [3.05, 3.63) is 53.1 Å². The summed E-state index contributed by atoms with van der Waals surface area (Å²) in [6.07, 6.45) is -0.506. The molecule has 0 saturated carbocycles. The van der Waals surface area contributed by atoms with Crippen molar-refractivity contribution in [2.24, 2.45) is 0 Å². The summed E-state index contributed by atoms with van der Waals surface area (Å²) in [4.78, 5) is 14.1. The average Bonchev–Trinajstić information content (AvgIpc) is 2.47. The summed E-state index contributed by atoms with van der Waals surface area (Å²) in [5.74, 6) is 0.591. The molecule has 0 aromatic heterocycles. The van der Waals surface area contributed by atoms with E-state index in [1.165, 1.54) is 0 Å². The Kier molecular flexibility index (Phi) is 3.47. The molecular formula is C16H15ClN2O2. The normalized spacial score (nSPS) is 17.3. The molecule has 2 aromatic rings. The van der Waals surface area contributed by atoms with Gasteiger partial charge in [0.1, 0.15) is 5.75 Å². The van der Waals surface area contributed by atoms with E-state index in [1.54, 1.807) is 30.0 Å². The Hall–Kier alpha value is -2.20. The first kappa shape index (κ1) is 13.8. The van der Waals surface area contributed by atoms with E-state index in [9.17, 15) is 4.79 Å². The number of nitrogen functional groups attached to an aromatic ring is 1. The van der Waals surface area contributed by atoms with Crippen molar-refractivity contribution in [1.82, 2.24) is 0 Å². The van der Waals surface area contributed by atoms with Gasteiger partial charge in [-0.25, -0.2) is 0 Å². The molecule has 4 nitrogen and oxygen atoms in total. The van der Waals surface area contributed by atoms with Crippen LogP contribution in [0.4, 0.5) is 11.4 Å². The Balaban J connectivity index is 1.98. The van der Waals surface area contributed by atoms with E-state index in [-0.39, 0.29) is 5.91 Å². The number of anilines is 2. The molecule has 21 heavy (non-hydrogen) atoms. The third-order valence-corrected chi connectivity index (χ3v) is 3.70. The van der Waals surface area contributed by atoms with Gasteiger partial charge in [0.2, 0.25) is 0 Å². The number of rotatable bonds is 2. The Morgan fingerprint density at radius 3 is 2.67 bits per heavy atom. The number of halogens is 1. The molecule has 0 fully saturated rings. The number of ether oxygens (including phenoxy) is 1. The van der Waals surface area contributed by atoms with Crippen molar-refractivity contribution in [1.29, 1.82) is 0 Å². The molecule has 0 aliphatic carbocycles. The van der Waals surface area contributed by atoms with E-state index in [0.29, 0.717) is 28.7 Å². The molecule has 2 N–H and O–H groups in total. The number of nitrogens with two attached hydrogens (primary N) is 1. The largest absolute Gasteiger partial charge is 0.479 e. The number of carbonyl (C=O) groups excluding carboxylic acids is 1. The highest BCUT2D eigenvalue weighted by Crippen LogP contribution is 2.36. The Bertz CT molecular complexity index is 685. The molecule has 0 unspecified atom stereocenters. The van der Waals surface area contributed by atoms with Crippen molar-refractivity contribution in [2.75, 3.05) is 10.6 Å². The van der Waals surface area contributed by atoms with Crippen LogP contribution in [-0.2, 0) is 11.3 Å². The number of carbonyl (C=O) groups is 1. The summed E-state index contributed by atoms with van der Waals surface area (Å²) in [6.45, 7) is 2.21. The van der Waals surface area contributed by atoms with Gasteiger partial charge in [-0.15, -0.1) is 0 Å². The van der Waals surface area contributed by atoms with Gasteiger partial charge in [-0.05, 0) is 42.8 Å². The molecule has 1 heterocycles. The second-order valence-corrected chi connectivity index (χ2v) is 5.47. The Labute approximate surface area is 128 Å². The van der Waals surface area contributed by atoms with Gasteiger partial charge in [0.15, 0.2) is 6.10 Å². The Morgan fingerprint density at radius 1 is 1.24 bits per heavy atom. The lowest BCUT2D eigenvalue weighted by Crippen LogP contribution is -2.44. The second kappa shape index (κ2) is 5.30. The predicted molar refractivity (Wildman–Crippen MR) is 83.6 cm³/mol. The number of hydrogen-bond acceptors (Lipinski definition) is 3. The average molecular weight is 303 g/mol. The van der Waals surface area contributed by atoms with Crippen LogP contribution in [0.5, 0.6) is 5.75 Å². The second-order valence-electron chi connectivity index (χ2n) is 5.04. The molecule has 0 radical (unpaired) electrons. The van der Waals surface area contributed by atoms with Gasteiger partial charge in [0.05, 0.1) is 12.2 Å². The molecule has 1 atom stereocenters. The first-order valence-electron chi connectivity index (χ1n) is 6.66. The predicted octanol–water partition coefficient (Wildman–Crippen LogP) is 3.24. The minimum Gasteiger partial charge on any atom is -0.479 e. The fourth-order valence-corrected chi connectivity index (χ4v) is 2.49. The summed E-state index contributed by atoms with van der Waals surface area (Å²) < 4.78 is 5.62. The highest BCUT2D eigenvalue weighted by molar-refractivity contribution is 6.30. The third kappa shape index (κ3) is 2.67. The lowest BCUT2D eigenvalue weighted by Gasteiger charge is -2.33. The third-order valence-electron chi connectivity index (χ3n) is 3.45. The van der Waals surface area contributed by atoms with E-state index in [2.05, 4.69) is 0 Å². The van der Waals surface area contributed by atoms with Crippen molar-refractivity contribution in [3.63, 3.8) is 0 Å². The zero-order valence-corrected chi connectivity index (χ0v) is 12.3. The highest BCUT2D eigenvalue weighted by Gasteiger charge is 2.31. The fourth-order valence-electron chi connectivity index (χ4n) is 2.36. The number of amides is 1. The van der Waals surface area contributed by atoms with Crippen LogP contribution in [0.2, 0.25) is 5.02 Å². The SMILES string of the molecule is C[C@H]1Oc2ccc(N)cc2N(Cc2ccc(Cl)cc2)C1=O. The molecule has 0 bridgehead atoms. The maximum atomic E-state index is 12.4. The van der Waals surface area contributed by atoms with E-state index < -0.39 is 6.10 Å². The van der Waals surface area contributed by atoms with Gasteiger partial charge in [-0.2, -0.15) is 0 Å². The lowest BCUT2D eigenvalue weighted by molar-refractivity contribution is -0.125. The molecule has 1 aliphatic heterocycles. The molecule has 2 aromatic carbocycles. The van der Waals surface area contributed by atoms with Crippen LogP contribution in [0.1, 0.15) is 12.5 Å². The summed E-state index contributed by atoms with van der Waals surface area (Å²) in [7, 11) is 0. The minimum atomic E-state index is -0.506. The van der Waals surface area contributed by atoms with Crippen molar-refractivity contribution >= 4 is 28.9 Å². The number of fused-ring (bicyclic) bond motifs is 1. The van der Waals surface area contributed by atoms with Gasteiger partial charge < -0.3 is 15.4 Å². The zero-order chi connectivity index (χ0) is 15.0. The molecule has 1 aliphatic rings. The van der Waals surface area contributed by atoms with Gasteiger partial charge in [0, 0.05) is 10.7 Å². The zero-order valence-electron chi connectivity index (χ0n) is 11.5. The quantitative estimate of drug-likeness (QED) is 0.867. The van der Waals surface area contributed by atoms with Gasteiger partial charge in [0.25, 0.3) is 5.91 Å². The summed E-state index contributed by atoms with van der Waals surface area (Å²) in [5, 5.41) is 0.671. The molecule has 0 saturated heterocycles. The lowest BCUT2D eigenvalue weighted by atomic mass is 10.1. The van der Waals surface area contributed by atoms with Gasteiger partial charge in [-0.3, -0.25) is 4.79 Å². The first-order chi connectivity index (χ1) is 10.0. The van der Waals surface area contributed by atoms with E-state index in [1.807, 2.05) is 24.3 Å². The monoisotopic (exact) mass is 302 g/mol. The molecular weight excluding hydrogens is 288 g/mol. The fraction of sp³-hybridized carbons (Fsp3) is 0.188. The maximum Gasteiger partial charge on any atom is 0.268 e. The van der Waals surface area contributed by atoms with Gasteiger partial charge >= 0.3 is 0 Å². The molecule has 108 valence electrons. The van der Waals surface area contributed by atoms with Crippen LogP contribution in [-0.4, -0.2) is 12.0 Å². The first-order valence-corrected chi connectivity index (χ1v) is 7.04. The van der Waals surface area contributed by atoms with Crippen molar-refractivity contribution in [3.8, 4) is 5.75 Å². The van der Waals surface area contributed by atoms with E-state index in [0.717, 1.165) is 5.56 Å². The number of hydrogen-bond donors (Lipinski definition) is 1. The summed E-state index contributed by atoms with van der Waals surface area (Å²) in [6, 6.07) is 12.7. The summed E-state index contributed by atoms with van der Waals surface area (Å²) >= 11 is 5.89. The smallest absolute Gasteiger partial charge is 0.268 e. The van der Waals surface area contributed by atoms with E-state index in [4.69, 9.17) is 22.1 Å². The van der Waals surface area contributed by atoms with Crippen molar-refractivity contribution < 1.29 is 9.53 Å². The highest BCUT2D eigenvalue weighted by atomic mass is 35.5. The minimum absolute atomic E-state index is 0.0805. The van der Waals surface area contributed by atoms with Crippen LogP contribution in [0, 0.1) is 0 Å². The van der Waals surface area contributed by atoms with E-state index >= 15 is 0 Å². The van der Waals surface area contributed by atoms with Crippen LogP contribution in [0.3, 0.4) is 0 Å². The molecule has 5 heteroatoms. The Morgan fingerprint density at radius 2 is 1.95 bits per heavy atom. The van der Waals surface area contributed by atoms with Crippen LogP contribution >= 0.6 is 11.6 Å². The standard InChI is InChI=1S/C16H15ClN2O2/c1-10-16(20)19(9-11-2-4-12(17)5-3-11)14-8-13(18)6-7-15(14)21-10/h2-8,10H,9,18H2,1H3/t10-/m1/s1. The van der Waals surface area contributed by atoms with Crippen LogP contribution < -0.4 is 15.4 Å². The van der Waals surface area contributed by atoms with Crippen molar-refractivity contribution in [2.45, 2.75) is 19.6 Å². The summed E-state index contributed by atoms with van der Waals surface area (Å²) in [5.41, 5.74) is 8.12. The van der Waals surface area contributed by atoms with Gasteiger partial charge in [-0.1, -0.05) is 23.7 Å². The molecule has 3 rings (SSSR count). The number of nitrogens with zero attached hydrogens (tertiary/aromatic N) is 1. The molecule has 0 spiro atoms. The molecule has 1 amide bonds. The van der Waals surface area contributed by atoms with Crippen LogP contribution in [0.15, 0.2) is 42.5 Å². The number of benzene rings is 2. The van der Waals surface area contributed by atoms with Crippen LogP contribution in [0.25, 0.3) is 0 Å². The maximum absolute atomic E-state index is 12.4.